The van der Waals surface area contributed by atoms with Crippen LogP contribution in [0.4, 0.5) is 13.2 Å². The van der Waals surface area contributed by atoms with Crippen molar-refractivity contribution in [2.75, 3.05) is 0 Å². The van der Waals surface area contributed by atoms with Crippen molar-refractivity contribution < 1.29 is 32.2 Å². The fourth-order valence-corrected chi connectivity index (χ4v) is 3.87. The number of hydrogen-bond acceptors (Lipinski definition) is 6. The lowest BCUT2D eigenvalue weighted by Gasteiger charge is -2.06. The van der Waals surface area contributed by atoms with Crippen LogP contribution in [0.2, 0.25) is 0 Å². The molecule has 1 N–H and O–H groups in total. The fourth-order valence-electron chi connectivity index (χ4n) is 2.89. The van der Waals surface area contributed by atoms with Gasteiger partial charge in [-0.2, -0.15) is 13.2 Å². The molecule has 10 heteroatoms. The molecule has 2 heterocycles. The molecule has 0 fully saturated rings. The number of thiazole rings is 1. The molecular formula is C21H15F3N2O4S. The van der Waals surface area contributed by atoms with E-state index in [9.17, 15) is 18.0 Å². The lowest BCUT2D eigenvalue weighted by Crippen LogP contribution is -2.03. The van der Waals surface area contributed by atoms with Crippen molar-refractivity contribution in [1.29, 1.82) is 0 Å². The lowest BCUT2D eigenvalue weighted by molar-refractivity contribution is -0.138. The highest BCUT2D eigenvalue weighted by Crippen LogP contribution is 2.33. The van der Waals surface area contributed by atoms with Gasteiger partial charge in [-0.25, -0.2) is 9.97 Å². The zero-order valence-corrected chi connectivity index (χ0v) is 16.9. The summed E-state index contributed by atoms with van der Waals surface area (Å²) < 4.78 is 49.4. The van der Waals surface area contributed by atoms with Crippen LogP contribution in [-0.4, -0.2) is 21.0 Å². The molecule has 0 saturated heterocycles. The van der Waals surface area contributed by atoms with Gasteiger partial charge < -0.3 is 14.3 Å². The smallest absolute Gasteiger partial charge is 0.416 e. The van der Waals surface area contributed by atoms with Gasteiger partial charge in [0.2, 0.25) is 5.89 Å². The molecule has 0 aliphatic heterocycles. The van der Waals surface area contributed by atoms with Crippen LogP contribution in [0.1, 0.15) is 22.0 Å². The van der Waals surface area contributed by atoms with Gasteiger partial charge in [-0.15, -0.1) is 11.3 Å². The summed E-state index contributed by atoms with van der Waals surface area (Å²) in [6.07, 6.45) is -4.69. The summed E-state index contributed by atoms with van der Waals surface area (Å²) in [5.41, 5.74) is 1.57. The molecule has 0 atom stereocenters. The topological polar surface area (TPSA) is 85.5 Å². The molecule has 4 aromatic rings. The quantitative estimate of drug-likeness (QED) is 0.420. The van der Waals surface area contributed by atoms with E-state index in [0.29, 0.717) is 27.4 Å². The number of nitrogens with zero attached hydrogens (tertiary/aromatic N) is 2. The third kappa shape index (κ3) is 4.69. The third-order valence-corrected chi connectivity index (χ3v) is 5.61. The van der Waals surface area contributed by atoms with Crippen LogP contribution >= 0.6 is 11.3 Å². The standard InChI is InChI=1S/C21H15F3N2O4S/c1-11-17(31-20(25-11)12-2-4-13(5-3-12)21(22,23)24)10-29-14-6-7-16-15(8-14)26-18(30-16)9-19(27)28/h2-8H,9-10H2,1H3,(H,27,28). The van der Waals surface area contributed by atoms with Gasteiger partial charge in [-0.3, -0.25) is 4.79 Å². The molecule has 0 spiro atoms. The van der Waals surface area contributed by atoms with Crippen molar-refractivity contribution in [3.8, 4) is 16.3 Å². The first kappa shape index (κ1) is 20.9. The first-order valence-electron chi connectivity index (χ1n) is 9.07. The van der Waals surface area contributed by atoms with E-state index in [2.05, 4.69) is 9.97 Å². The van der Waals surface area contributed by atoms with Crippen molar-refractivity contribution in [2.24, 2.45) is 0 Å². The predicted octanol–water partition coefficient (Wildman–Crippen LogP) is 5.48. The van der Waals surface area contributed by atoms with E-state index in [1.165, 1.54) is 23.5 Å². The van der Waals surface area contributed by atoms with Crippen LogP contribution in [0, 0.1) is 6.92 Å². The average molecular weight is 448 g/mol. The van der Waals surface area contributed by atoms with E-state index < -0.39 is 17.7 Å². The number of hydrogen-bond donors (Lipinski definition) is 1. The molecular weight excluding hydrogens is 433 g/mol. The first-order chi connectivity index (χ1) is 14.7. The molecule has 0 bridgehead atoms. The van der Waals surface area contributed by atoms with Crippen molar-refractivity contribution in [2.45, 2.75) is 26.1 Å². The Morgan fingerprint density at radius 3 is 2.58 bits per heavy atom. The molecule has 0 radical (unpaired) electrons. The maximum atomic E-state index is 12.7. The Balaban J connectivity index is 1.48. The number of ether oxygens (including phenoxy) is 1. The van der Waals surface area contributed by atoms with Crippen LogP contribution in [0.25, 0.3) is 21.7 Å². The Morgan fingerprint density at radius 2 is 1.90 bits per heavy atom. The molecule has 0 unspecified atom stereocenters. The highest BCUT2D eigenvalue weighted by atomic mass is 32.1. The molecule has 0 aliphatic rings. The molecule has 4 rings (SSSR count). The van der Waals surface area contributed by atoms with Crippen LogP contribution in [0.3, 0.4) is 0 Å². The van der Waals surface area contributed by atoms with Gasteiger partial charge in [-0.05, 0) is 31.2 Å². The number of carbonyl (C=O) groups is 1. The first-order valence-corrected chi connectivity index (χ1v) is 9.88. The molecule has 0 aliphatic carbocycles. The minimum Gasteiger partial charge on any atom is -0.488 e. The Kier molecular flexibility index (Phi) is 5.40. The average Bonchev–Trinajstić information content (AvgIpc) is 3.27. The maximum Gasteiger partial charge on any atom is 0.416 e. The SMILES string of the molecule is Cc1nc(-c2ccc(C(F)(F)F)cc2)sc1COc1ccc2oc(CC(=O)O)nc2c1. The minimum atomic E-state index is -4.38. The molecule has 31 heavy (non-hydrogen) atoms. The van der Waals surface area contributed by atoms with Gasteiger partial charge in [0, 0.05) is 11.6 Å². The van der Waals surface area contributed by atoms with Gasteiger partial charge in [-0.1, -0.05) is 12.1 Å². The zero-order chi connectivity index (χ0) is 22.2. The number of fused-ring (bicyclic) bond motifs is 1. The highest BCUT2D eigenvalue weighted by molar-refractivity contribution is 7.15. The van der Waals surface area contributed by atoms with Crippen LogP contribution < -0.4 is 4.74 Å². The van der Waals surface area contributed by atoms with E-state index in [-0.39, 0.29) is 18.9 Å². The number of carboxylic acid groups (broad SMARTS) is 1. The number of halogens is 3. The number of aliphatic carboxylic acids is 1. The number of carboxylic acids is 1. The fraction of sp³-hybridized carbons (Fsp3) is 0.190. The molecule has 160 valence electrons. The number of benzene rings is 2. The highest BCUT2D eigenvalue weighted by Gasteiger charge is 2.30. The van der Waals surface area contributed by atoms with E-state index in [0.717, 1.165) is 22.7 Å². The van der Waals surface area contributed by atoms with Gasteiger partial charge >= 0.3 is 12.1 Å². The lowest BCUT2D eigenvalue weighted by atomic mass is 10.1. The second-order valence-corrected chi connectivity index (χ2v) is 7.78. The zero-order valence-electron chi connectivity index (χ0n) is 16.1. The molecule has 0 amide bonds. The van der Waals surface area contributed by atoms with Crippen molar-refractivity contribution in [1.82, 2.24) is 9.97 Å². The summed E-state index contributed by atoms with van der Waals surface area (Å²) in [6, 6.07) is 9.86. The summed E-state index contributed by atoms with van der Waals surface area (Å²) in [5, 5.41) is 9.44. The monoisotopic (exact) mass is 448 g/mol. The van der Waals surface area contributed by atoms with Gasteiger partial charge in [0.25, 0.3) is 0 Å². The Hall–Kier alpha value is -3.40. The number of aryl methyl sites for hydroxylation is 1. The van der Waals surface area contributed by atoms with E-state index in [1.54, 1.807) is 18.2 Å². The number of alkyl halides is 3. The Labute approximate surface area is 177 Å². The molecule has 6 nitrogen and oxygen atoms in total. The largest absolute Gasteiger partial charge is 0.488 e. The summed E-state index contributed by atoms with van der Waals surface area (Å²) in [5.74, 6) is -0.404. The van der Waals surface area contributed by atoms with E-state index in [4.69, 9.17) is 14.3 Å². The van der Waals surface area contributed by atoms with Crippen LogP contribution in [0.15, 0.2) is 46.9 Å². The minimum absolute atomic E-state index is 0.110. The van der Waals surface area contributed by atoms with Crippen molar-refractivity contribution >= 4 is 28.4 Å². The summed E-state index contributed by atoms with van der Waals surface area (Å²) in [6.45, 7) is 2.03. The maximum absolute atomic E-state index is 12.7. The van der Waals surface area contributed by atoms with Gasteiger partial charge in [0.05, 0.1) is 16.1 Å². The molecule has 2 aromatic carbocycles. The van der Waals surface area contributed by atoms with E-state index >= 15 is 0 Å². The molecule has 0 saturated carbocycles. The second kappa shape index (κ2) is 8.03. The summed E-state index contributed by atoms with van der Waals surface area (Å²) in [7, 11) is 0. The van der Waals surface area contributed by atoms with Crippen molar-refractivity contribution in [3.05, 3.63) is 64.5 Å². The van der Waals surface area contributed by atoms with Crippen molar-refractivity contribution in [3.63, 3.8) is 0 Å². The normalized spacial score (nSPS) is 11.7. The number of oxazole rings is 1. The second-order valence-electron chi connectivity index (χ2n) is 6.70. The van der Waals surface area contributed by atoms with Gasteiger partial charge in [0.1, 0.15) is 29.3 Å². The Bertz CT molecular complexity index is 1250. The van der Waals surface area contributed by atoms with E-state index in [1.807, 2.05) is 6.92 Å². The Morgan fingerprint density at radius 1 is 1.16 bits per heavy atom. The van der Waals surface area contributed by atoms with Gasteiger partial charge in [0.15, 0.2) is 5.58 Å². The van der Waals surface area contributed by atoms with Crippen LogP contribution in [-0.2, 0) is 24.0 Å². The third-order valence-electron chi connectivity index (χ3n) is 4.43. The number of aromatic nitrogens is 2. The number of rotatable bonds is 6. The molecule has 2 aromatic heterocycles. The van der Waals surface area contributed by atoms with Crippen LogP contribution in [0.5, 0.6) is 5.75 Å². The predicted molar refractivity (Wildman–Crippen MR) is 107 cm³/mol. The summed E-state index contributed by atoms with van der Waals surface area (Å²) in [4.78, 5) is 20.2. The summed E-state index contributed by atoms with van der Waals surface area (Å²) >= 11 is 1.34.